The molecule has 0 radical (unpaired) electrons. The zero-order chi connectivity index (χ0) is 10.6. The first-order valence-electron chi connectivity index (χ1n) is 5.55. The number of anilines is 1. The summed E-state index contributed by atoms with van der Waals surface area (Å²) in [5.74, 6) is 0. The Hall–Kier alpha value is -0.980. The lowest BCUT2D eigenvalue weighted by Crippen LogP contribution is -2.31. The molecule has 0 amide bonds. The molecule has 1 nitrogen and oxygen atoms in total. The van der Waals surface area contributed by atoms with Gasteiger partial charge in [-0.25, -0.2) is 0 Å². The Morgan fingerprint density at radius 2 is 1.79 bits per heavy atom. The minimum atomic E-state index is 0.577. The number of rotatable bonds is 4. The molecule has 0 fully saturated rings. The molecule has 0 aromatic heterocycles. The standard InChI is InChI=1S/C13H21N/c1-5-12-9-7-8-10-13(12)14(6-2)11(3)4/h7-11H,5-6H2,1-4H3. The Kier molecular flexibility index (Phi) is 3.99. The van der Waals surface area contributed by atoms with E-state index in [4.69, 9.17) is 0 Å². The smallest absolute Gasteiger partial charge is 0.0400 e. The quantitative estimate of drug-likeness (QED) is 0.704. The van der Waals surface area contributed by atoms with Gasteiger partial charge in [0, 0.05) is 18.3 Å². The van der Waals surface area contributed by atoms with Gasteiger partial charge in [-0.3, -0.25) is 0 Å². The van der Waals surface area contributed by atoms with E-state index in [1.165, 1.54) is 11.3 Å². The maximum absolute atomic E-state index is 2.44. The van der Waals surface area contributed by atoms with Crippen molar-refractivity contribution in [2.75, 3.05) is 11.4 Å². The van der Waals surface area contributed by atoms with Crippen molar-refractivity contribution in [1.82, 2.24) is 0 Å². The molecule has 14 heavy (non-hydrogen) atoms. The van der Waals surface area contributed by atoms with E-state index in [-0.39, 0.29) is 0 Å². The monoisotopic (exact) mass is 191 g/mol. The van der Waals surface area contributed by atoms with E-state index >= 15 is 0 Å². The molecule has 0 saturated carbocycles. The van der Waals surface area contributed by atoms with Gasteiger partial charge in [0.15, 0.2) is 0 Å². The fourth-order valence-corrected chi connectivity index (χ4v) is 1.90. The molecule has 78 valence electrons. The molecule has 0 spiro atoms. The summed E-state index contributed by atoms with van der Waals surface area (Å²) in [4.78, 5) is 2.44. The average molecular weight is 191 g/mol. The van der Waals surface area contributed by atoms with Crippen molar-refractivity contribution >= 4 is 5.69 Å². The maximum Gasteiger partial charge on any atom is 0.0400 e. The topological polar surface area (TPSA) is 3.24 Å². The number of hydrogen-bond acceptors (Lipinski definition) is 1. The Morgan fingerprint density at radius 3 is 2.29 bits per heavy atom. The van der Waals surface area contributed by atoms with Crippen molar-refractivity contribution in [2.45, 2.75) is 40.2 Å². The minimum Gasteiger partial charge on any atom is -0.369 e. The summed E-state index contributed by atoms with van der Waals surface area (Å²) >= 11 is 0. The Labute approximate surface area is 87.7 Å². The van der Waals surface area contributed by atoms with E-state index < -0.39 is 0 Å². The highest BCUT2D eigenvalue weighted by molar-refractivity contribution is 5.54. The molecule has 1 aromatic rings. The molecule has 1 aromatic carbocycles. The van der Waals surface area contributed by atoms with Crippen molar-refractivity contribution < 1.29 is 0 Å². The maximum atomic E-state index is 2.44. The van der Waals surface area contributed by atoms with Crippen molar-refractivity contribution in [3.8, 4) is 0 Å². The third-order valence-electron chi connectivity index (χ3n) is 2.65. The van der Waals surface area contributed by atoms with Gasteiger partial charge in [-0.15, -0.1) is 0 Å². The Morgan fingerprint density at radius 1 is 1.14 bits per heavy atom. The summed E-state index contributed by atoms with van der Waals surface area (Å²) in [5, 5.41) is 0. The molecule has 0 N–H and O–H groups in total. The summed E-state index contributed by atoms with van der Waals surface area (Å²) in [6.07, 6.45) is 1.11. The summed E-state index contributed by atoms with van der Waals surface area (Å²) < 4.78 is 0. The molecule has 0 unspecified atom stereocenters. The molecule has 1 heteroatoms. The highest BCUT2D eigenvalue weighted by Gasteiger charge is 2.10. The van der Waals surface area contributed by atoms with E-state index in [9.17, 15) is 0 Å². The number of benzene rings is 1. The lowest BCUT2D eigenvalue weighted by atomic mass is 10.1. The summed E-state index contributed by atoms with van der Waals surface area (Å²) in [7, 11) is 0. The molecule has 0 bridgehead atoms. The van der Waals surface area contributed by atoms with Crippen molar-refractivity contribution in [3.05, 3.63) is 29.8 Å². The van der Waals surface area contributed by atoms with E-state index in [0.29, 0.717) is 6.04 Å². The predicted octanol–water partition coefficient (Wildman–Crippen LogP) is 3.48. The number of hydrogen-bond donors (Lipinski definition) is 0. The zero-order valence-electron chi connectivity index (χ0n) is 9.75. The van der Waals surface area contributed by atoms with Crippen LogP contribution < -0.4 is 4.90 Å². The third kappa shape index (κ3) is 2.28. The van der Waals surface area contributed by atoms with Crippen molar-refractivity contribution in [3.63, 3.8) is 0 Å². The van der Waals surface area contributed by atoms with Gasteiger partial charge in [0.1, 0.15) is 0 Å². The van der Waals surface area contributed by atoms with Crippen LogP contribution in [0.15, 0.2) is 24.3 Å². The fraction of sp³-hybridized carbons (Fsp3) is 0.538. The van der Waals surface area contributed by atoms with Gasteiger partial charge >= 0.3 is 0 Å². The van der Waals surface area contributed by atoms with Crippen LogP contribution in [0.3, 0.4) is 0 Å². The third-order valence-corrected chi connectivity index (χ3v) is 2.65. The average Bonchev–Trinajstić information content (AvgIpc) is 2.19. The number of para-hydroxylation sites is 1. The summed E-state index contributed by atoms with van der Waals surface area (Å²) in [6, 6.07) is 9.27. The Bertz CT molecular complexity index is 278. The van der Waals surface area contributed by atoms with Crippen LogP contribution in [0.25, 0.3) is 0 Å². The molecule has 0 aliphatic carbocycles. The van der Waals surface area contributed by atoms with Gasteiger partial charge in [-0.05, 0) is 38.8 Å². The second-order valence-corrected chi connectivity index (χ2v) is 3.86. The first-order chi connectivity index (χ1) is 6.70. The van der Waals surface area contributed by atoms with E-state index in [0.717, 1.165) is 13.0 Å². The second kappa shape index (κ2) is 5.04. The molecule has 0 atom stereocenters. The van der Waals surface area contributed by atoms with E-state index in [1.54, 1.807) is 0 Å². The fourth-order valence-electron chi connectivity index (χ4n) is 1.90. The number of aryl methyl sites for hydroxylation is 1. The summed E-state index contributed by atoms with van der Waals surface area (Å²) in [5.41, 5.74) is 2.84. The highest BCUT2D eigenvalue weighted by Crippen LogP contribution is 2.22. The first-order valence-corrected chi connectivity index (χ1v) is 5.55. The molecule has 0 saturated heterocycles. The molecule has 1 rings (SSSR count). The van der Waals surface area contributed by atoms with Gasteiger partial charge in [0.05, 0.1) is 0 Å². The van der Waals surface area contributed by atoms with Crippen LogP contribution in [0.5, 0.6) is 0 Å². The van der Waals surface area contributed by atoms with Crippen LogP contribution in [-0.4, -0.2) is 12.6 Å². The van der Waals surface area contributed by atoms with Crippen LogP contribution in [-0.2, 0) is 6.42 Å². The van der Waals surface area contributed by atoms with Gasteiger partial charge in [-0.2, -0.15) is 0 Å². The van der Waals surface area contributed by atoms with Crippen LogP contribution in [0, 0.1) is 0 Å². The van der Waals surface area contributed by atoms with Crippen LogP contribution in [0.2, 0.25) is 0 Å². The van der Waals surface area contributed by atoms with Crippen molar-refractivity contribution in [1.29, 1.82) is 0 Å². The largest absolute Gasteiger partial charge is 0.369 e. The first kappa shape index (κ1) is 11.1. The highest BCUT2D eigenvalue weighted by atomic mass is 15.1. The predicted molar refractivity (Wildman–Crippen MR) is 64.0 cm³/mol. The number of nitrogens with zero attached hydrogens (tertiary/aromatic N) is 1. The van der Waals surface area contributed by atoms with Gasteiger partial charge in [0.25, 0.3) is 0 Å². The normalized spacial score (nSPS) is 10.6. The Balaban J connectivity index is 3.02. The lowest BCUT2D eigenvalue weighted by Gasteiger charge is -2.29. The molecule has 0 aliphatic rings. The van der Waals surface area contributed by atoms with E-state index in [2.05, 4.69) is 56.9 Å². The van der Waals surface area contributed by atoms with Gasteiger partial charge < -0.3 is 4.90 Å². The van der Waals surface area contributed by atoms with Crippen LogP contribution >= 0.6 is 0 Å². The van der Waals surface area contributed by atoms with Crippen LogP contribution in [0.4, 0.5) is 5.69 Å². The minimum absolute atomic E-state index is 0.577. The zero-order valence-corrected chi connectivity index (χ0v) is 9.75. The second-order valence-electron chi connectivity index (χ2n) is 3.86. The van der Waals surface area contributed by atoms with E-state index in [1.807, 2.05) is 0 Å². The summed E-state index contributed by atoms with van der Waals surface area (Å²) in [6.45, 7) is 10.0. The molecular formula is C13H21N. The molecular weight excluding hydrogens is 170 g/mol. The molecule has 0 heterocycles. The lowest BCUT2D eigenvalue weighted by molar-refractivity contribution is 0.700. The molecule has 0 aliphatic heterocycles. The SMILES string of the molecule is CCc1ccccc1N(CC)C(C)C. The van der Waals surface area contributed by atoms with Crippen molar-refractivity contribution in [2.24, 2.45) is 0 Å². The van der Waals surface area contributed by atoms with Crippen LogP contribution in [0.1, 0.15) is 33.3 Å². The van der Waals surface area contributed by atoms with Gasteiger partial charge in [0.2, 0.25) is 0 Å². The van der Waals surface area contributed by atoms with Gasteiger partial charge in [-0.1, -0.05) is 25.1 Å².